The van der Waals surface area contributed by atoms with Gasteiger partial charge in [0.05, 0.1) is 11.8 Å². The molecule has 0 spiro atoms. The Morgan fingerprint density at radius 3 is 2.53 bits per heavy atom. The van der Waals surface area contributed by atoms with E-state index in [1.165, 1.54) is 5.56 Å². The molecule has 2 aromatic carbocycles. The highest BCUT2D eigenvalue weighted by molar-refractivity contribution is 7.08. The second kappa shape index (κ2) is 8.44. The Morgan fingerprint density at radius 1 is 1.07 bits per heavy atom. The van der Waals surface area contributed by atoms with Gasteiger partial charge in [0, 0.05) is 13.1 Å². The normalized spacial score (nSPS) is 18.5. The van der Waals surface area contributed by atoms with E-state index in [0.29, 0.717) is 32.4 Å². The second-order valence-electron chi connectivity index (χ2n) is 8.26. The fourth-order valence-corrected chi connectivity index (χ4v) is 4.93. The van der Waals surface area contributed by atoms with Crippen LogP contribution in [0.2, 0.25) is 0 Å². The van der Waals surface area contributed by atoms with Crippen LogP contribution < -0.4 is 5.73 Å². The quantitative estimate of drug-likeness (QED) is 0.652. The number of thiophene rings is 1. The maximum absolute atomic E-state index is 12.8. The van der Waals surface area contributed by atoms with Gasteiger partial charge in [0.15, 0.2) is 0 Å². The number of rotatable bonds is 6. The van der Waals surface area contributed by atoms with Crippen LogP contribution in [0.5, 0.6) is 0 Å². The van der Waals surface area contributed by atoms with Crippen molar-refractivity contribution < 1.29 is 9.59 Å². The number of hydrogen-bond acceptors (Lipinski definition) is 3. The Bertz CT molecular complexity index is 1040. The summed E-state index contributed by atoms with van der Waals surface area (Å²) in [5.41, 5.74) is 10.7. The highest BCUT2D eigenvalue weighted by atomic mass is 32.1. The molecule has 154 valence electrons. The zero-order valence-corrected chi connectivity index (χ0v) is 18.0. The van der Waals surface area contributed by atoms with E-state index < -0.39 is 5.41 Å². The molecular formula is C25H26N2O2S. The first kappa shape index (κ1) is 20.4. The van der Waals surface area contributed by atoms with Crippen molar-refractivity contribution in [2.24, 2.45) is 11.1 Å². The minimum Gasteiger partial charge on any atom is -0.369 e. The Hall–Kier alpha value is -2.92. The number of amides is 2. The van der Waals surface area contributed by atoms with Crippen LogP contribution in [-0.4, -0.2) is 29.8 Å². The minimum atomic E-state index is -0.702. The van der Waals surface area contributed by atoms with Crippen LogP contribution in [0.25, 0.3) is 11.1 Å². The molecule has 0 aliphatic carbocycles. The molecule has 2 N–H and O–H groups in total. The van der Waals surface area contributed by atoms with Crippen LogP contribution in [0.15, 0.2) is 65.4 Å². The molecule has 1 saturated heterocycles. The third-order valence-corrected chi connectivity index (χ3v) is 6.70. The zero-order valence-electron chi connectivity index (χ0n) is 17.1. The second-order valence-corrected chi connectivity index (χ2v) is 9.04. The van der Waals surface area contributed by atoms with E-state index in [9.17, 15) is 9.59 Å². The monoisotopic (exact) mass is 418 g/mol. The lowest BCUT2D eigenvalue weighted by molar-refractivity contribution is -0.131. The van der Waals surface area contributed by atoms with Gasteiger partial charge in [-0.1, -0.05) is 54.1 Å². The molecule has 30 heavy (non-hydrogen) atoms. The van der Waals surface area contributed by atoms with Gasteiger partial charge in [-0.3, -0.25) is 9.59 Å². The first-order chi connectivity index (χ1) is 14.4. The number of nitrogens with zero attached hydrogens (tertiary/aromatic N) is 1. The van der Waals surface area contributed by atoms with Gasteiger partial charge in [-0.2, -0.15) is 11.3 Å². The third kappa shape index (κ3) is 4.31. The van der Waals surface area contributed by atoms with Crippen LogP contribution in [0.3, 0.4) is 0 Å². The van der Waals surface area contributed by atoms with Gasteiger partial charge in [-0.15, -0.1) is 0 Å². The van der Waals surface area contributed by atoms with Crippen LogP contribution in [-0.2, 0) is 22.4 Å². The van der Waals surface area contributed by atoms with Crippen molar-refractivity contribution in [3.63, 3.8) is 0 Å². The standard InChI is InChI=1S/C25H26N2O2S/c1-18-3-2-4-20(13-18)14-23(28)27-11-10-25(17-27,24(26)29)15-19-5-7-21(8-6-19)22-9-12-30-16-22/h2-9,12-13,16H,10-11,14-15,17H2,1H3,(H2,26,29). The lowest BCUT2D eigenvalue weighted by Crippen LogP contribution is -2.42. The fourth-order valence-electron chi connectivity index (χ4n) is 4.26. The number of hydrogen-bond donors (Lipinski definition) is 1. The lowest BCUT2D eigenvalue weighted by Gasteiger charge is -2.26. The highest BCUT2D eigenvalue weighted by Crippen LogP contribution is 2.35. The Labute approximate surface area is 181 Å². The summed E-state index contributed by atoms with van der Waals surface area (Å²) in [5, 5.41) is 4.18. The van der Waals surface area contributed by atoms with Gasteiger partial charge in [-0.05, 0) is 58.8 Å². The van der Waals surface area contributed by atoms with Crippen molar-refractivity contribution >= 4 is 23.2 Å². The van der Waals surface area contributed by atoms with Crippen molar-refractivity contribution in [2.45, 2.75) is 26.2 Å². The van der Waals surface area contributed by atoms with Gasteiger partial charge in [-0.25, -0.2) is 0 Å². The molecule has 0 radical (unpaired) electrons. The van der Waals surface area contributed by atoms with E-state index in [0.717, 1.165) is 22.3 Å². The molecule has 0 saturated carbocycles. The van der Waals surface area contributed by atoms with Gasteiger partial charge in [0.1, 0.15) is 0 Å². The molecule has 1 unspecified atom stereocenters. The maximum atomic E-state index is 12.8. The zero-order chi connectivity index (χ0) is 21.1. The molecule has 4 nitrogen and oxygen atoms in total. The van der Waals surface area contributed by atoms with E-state index in [4.69, 9.17) is 5.73 Å². The van der Waals surface area contributed by atoms with Crippen molar-refractivity contribution in [3.05, 3.63) is 82.0 Å². The molecule has 1 aliphatic rings. The SMILES string of the molecule is Cc1cccc(CC(=O)N2CCC(Cc3ccc(-c4ccsc4)cc3)(C(N)=O)C2)c1. The van der Waals surface area contributed by atoms with Crippen molar-refractivity contribution in [3.8, 4) is 11.1 Å². The Kier molecular flexibility index (Phi) is 5.73. The molecule has 2 heterocycles. The van der Waals surface area contributed by atoms with Gasteiger partial charge >= 0.3 is 0 Å². The van der Waals surface area contributed by atoms with Crippen LogP contribution in [0.4, 0.5) is 0 Å². The molecule has 5 heteroatoms. The summed E-state index contributed by atoms with van der Waals surface area (Å²) >= 11 is 1.67. The Morgan fingerprint density at radius 2 is 1.87 bits per heavy atom. The van der Waals surface area contributed by atoms with Crippen LogP contribution in [0.1, 0.15) is 23.1 Å². The minimum absolute atomic E-state index is 0.0523. The van der Waals surface area contributed by atoms with Crippen molar-refractivity contribution in [2.75, 3.05) is 13.1 Å². The molecule has 3 aromatic rings. The first-order valence-corrected chi connectivity index (χ1v) is 11.1. The summed E-state index contributed by atoms with van der Waals surface area (Å²) in [6.07, 6.45) is 1.51. The van der Waals surface area contributed by atoms with E-state index in [1.807, 2.05) is 31.2 Å². The molecule has 1 aromatic heterocycles. The highest BCUT2D eigenvalue weighted by Gasteiger charge is 2.44. The molecule has 1 fully saturated rings. The largest absolute Gasteiger partial charge is 0.369 e. The van der Waals surface area contributed by atoms with Gasteiger partial charge < -0.3 is 10.6 Å². The topological polar surface area (TPSA) is 63.4 Å². The van der Waals surface area contributed by atoms with Crippen molar-refractivity contribution in [1.82, 2.24) is 4.90 Å². The molecule has 1 aliphatic heterocycles. The lowest BCUT2D eigenvalue weighted by atomic mass is 9.80. The summed E-state index contributed by atoms with van der Waals surface area (Å²) in [4.78, 5) is 27.1. The van der Waals surface area contributed by atoms with Gasteiger partial charge in [0.25, 0.3) is 0 Å². The number of nitrogens with two attached hydrogens (primary N) is 1. The predicted molar refractivity (Wildman–Crippen MR) is 121 cm³/mol. The average molecular weight is 419 g/mol. The van der Waals surface area contributed by atoms with E-state index in [-0.39, 0.29) is 11.8 Å². The Balaban J connectivity index is 1.46. The summed E-state index contributed by atoms with van der Waals surface area (Å²) in [6, 6.07) is 18.4. The first-order valence-electron chi connectivity index (χ1n) is 10.2. The van der Waals surface area contributed by atoms with E-state index in [1.54, 1.807) is 16.2 Å². The number of likely N-dealkylation sites (tertiary alicyclic amines) is 1. The fraction of sp³-hybridized carbons (Fsp3) is 0.280. The summed E-state index contributed by atoms with van der Waals surface area (Å²) in [7, 11) is 0. The summed E-state index contributed by atoms with van der Waals surface area (Å²) in [6.45, 7) is 2.98. The molecule has 4 rings (SSSR count). The number of aryl methyl sites for hydroxylation is 1. The maximum Gasteiger partial charge on any atom is 0.227 e. The summed E-state index contributed by atoms with van der Waals surface area (Å²) < 4.78 is 0. The molecule has 0 bridgehead atoms. The third-order valence-electron chi connectivity index (χ3n) is 6.02. The summed E-state index contributed by atoms with van der Waals surface area (Å²) in [5.74, 6) is -0.271. The number of carbonyl (C=O) groups is 2. The van der Waals surface area contributed by atoms with Crippen molar-refractivity contribution in [1.29, 1.82) is 0 Å². The van der Waals surface area contributed by atoms with Crippen LogP contribution in [0, 0.1) is 12.3 Å². The van der Waals surface area contributed by atoms with E-state index in [2.05, 4.69) is 41.1 Å². The number of carbonyl (C=O) groups excluding carboxylic acids is 2. The predicted octanol–water partition coefficient (Wildman–Crippen LogP) is 4.21. The smallest absolute Gasteiger partial charge is 0.227 e. The average Bonchev–Trinajstić information content (AvgIpc) is 3.40. The molecule has 2 amide bonds. The van der Waals surface area contributed by atoms with Gasteiger partial charge in [0.2, 0.25) is 11.8 Å². The van der Waals surface area contributed by atoms with Crippen LogP contribution >= 0.6 is 11.3 Å². The molecule has 1 atom stereocenters. The number of benzene rings is 2. The molecular weight excluding hydrogens is 392 g/mol. The number of primary amides is 1. The van der Waals surface area contributed by atoms with E-state index >= 15 is 0 Å².